The van der Waals surface area contributed by atoms with Crippen molar-refractivity contribution in [2.24, 2.45) is 17.3 Å². The van der Waals surface area contributed by atoms with Gasteiger partial charge < -0.3 is 20.3 Å². The zero-order chi connectivity index (χ0) is 15.1. The van der Waals surface area contributed by atoms with Gasteiger partial charge in [0.15, 0.2) is 11.5 Å². The molecule has 1 fully saturated rings. The van der Waals surface area contributed by atoms with Crippen LogP contribution in [-0.4, -0.2) is 29.2 Å². The van der Waals surface area contributed by atoms with Gasteiger partial charge in [0.25, 0.3) is 0 Å². The standard InChI is InChI=1S/C14H17NO5/c1-14(2)10(11(14)13(18)19)12(17)15-7-4-5-9(20-3)8(16)6-7/h4-6,10-11,16H,1-3H3,(H,15,17)(H,18,19)/t10-,11+/m1/s1. The SMILES string of the molecule is COc1ccc(NC(=O)[C@H]2[C@@H](C(=O)O)C2(C)C)cc1O. The lowest BCUT2D eigenvalue weighted by Crippen LogP contribution is -2.17. The number of carbonyl (C=O) groups excluding carboxylic acids is 1. The molecular weight excluding hydrogens is 262 g/mol. The largest absolute Gasteiger partial charge is 0.504 e. The van der Waals surface area contributed by atoms with Crippen molar-refractivity contribution < 1.29 is 24.5 Å². The number of carboxylic acid groups (broad SMARTS) is 1. The Morgan fingerprint density at radius 3 is 2.40 bits per heavy atom. The minimum absolute atomic E-state index is 0.0878. The smallest absolute Gasteiger partial charge is 0.307 e. The van der Waals surface area contributed by atoms with Crippen LogP contribution in [0.1, 0.15) is 13.8 Å². The van der Waals surface area contributed by atoms with Gasteiger partial charge >= 0.3 is 5.97 Å². The van der Waals surface area contributed by atoms with Gasteiger partial charge in [-0.2, -0.15) is 0 Å². The number of phenolic OH excluding ortho intramolecular Hbond substituents is 1. The maximum atomic E-state index is 12.1. The third-order valence-corrected chi connectivity index (χ3v) is 3.82. The first kappa shape index (κ1) is 14.2. The molecule has 1 aromatic carbocycles. The maximum Gasteiger partial charge on any atom is 0.307 e. The van der Waals surface area contributed by atoms with Crippen LogP contribution in [0.5, 0.6) is 11.5 Å². The summed E-state index contributed by atoms with van der Waals surface area (Å²) in [5.74, 6) is -2.34. The summed E-state index contributed by atoms with van der Waals surface area (Å²) in [6.07, 6.45) is 0. The molecule has 0 heterocycles. The van der Waals surface area contributed by atoms with Crippen LogP contribution in [0.3, 0.4) is 0 Å². The summed E-state index contributed by atoms with van der Waals surface area (Å²) in [6, 6.07) is 4.47. The Morgan fingerprint density at radius 2 is 1.95 bits per heavy atom. The summed E-state index contributed by atoms with van der Waals surface area (Å²) in [4.78, 5) is 23.1. The number of aromatic hydroxyl groups is 1. The van der Waals surface area contributed by atoms with Gasteiger partial charge in [0.2, 0.25) is 5.91 Å². The molecule has 1 amide bonds. The summed E-state index contributed by atoms with van der Waals surface area (Å²) in [6.45, 7) is 3.50. The second-order valence-corrected chi connectivity index (χ2v) is 5.49. The van der Waals surface area contributed by atoms with Crippen LogP contribution in [0.4, 0.5) is 5.69 Å². The van der Waals surface area contributed by atoms with Crippen LogP contribution in [0.25, 0.3) is 0 Å². The lowest BCUT2D eigenvalue weighted by molar-refractivity contribution is -0.140. The molecular formula is C14H17NO5. The highest BCUT2D eigenvalue weighted by molar-refractivity contribution is 5.99. The number of carboxylic acids is 1. The number of hydrogen-bond donors (Lipinski definition) is 3. The average Bonchev–Trinajstić information content (AvgIpc) is 2.93. The van der Waals surface area contributed by atoms with E-state index in [-0.39, 0.29) is 11.7 Å². The first-order chi connectivity index (χ1) is 9.28. The number of aliphatic carboxylic acids is 1. The van der Waals surface area contributed by atoms with Gasteiger partial charge in [-0.15, -0.1) is 0 Å². The number of nitrogens with one attached hydrogen (secondary N) is 1. The Kier molecular flexibility index (Phi) is 3.33. The van der Waals surface area contributed by atoms with Gasteiger partial charge in [0.1, 0.15) is 0 Å². The number of rotatable bonds is 4. The molecule has 2 rings (SSSR count). The maximum absolute atomic E-state index is 12.1. The number of hydrogen-bond acceptors (Lipinski definition) is 4. The minimum Gasteiger partial charge on any atom is -0.504 e. The van der Waals surface area contributed by atoms with E-state index in [1.54, 1.807) is 19.9 Å². The Balaban J connectivity index is 2.10. The molecule has 20 heavy (non-hydrogen) atoms. The first-order valence-electron chi connectivity index (χ1n) is 6.19. The highest BCUT2D eigenvalue weighted by Gasteiger charge is 2.65. The lowest BCUT2D eigenvalue weighted by atomic mass is 10.1. The fourth-order valence-corrected chi connectivity index (χ4v) is 2.58. The zero-order valence-corrected chi connectivity index (χ0v) is 11.5. The molecule has 0 aromatic heterocycles. The molecule has 0 radical (unpaired) electrons. The number of amides is 1. The van der Waals surface area contributed by atoms with Crippen molar-refractivity contribution in [3.63, 3.8) is 0 Å². The van der Waals surface area contributed by atoms with E-state index in [0.717, 1.165) is 0 Å². The Hall–Kier alpha value is -2.24. The summed E-state index contributed by atoms with van der Waals surface area (Å²) in [7, 11) is 1.43. The summed E-state index contributed by atoms with van der Waals surface area (Å²) >= 11 is 0. The van der Waals surface area contributed by atoms with Crippen molar-refractivity contribution >= 4 is 17.6 Å². The van der Waals surface area contributed by atoms with Crippen molar-refractivity contribution in [3.05, 3.63) is 18.2 Å². The Morgan fingerprint density at radius 1 is 1.30 bits per heavy atom. The quantitative estimate of drug-likeness (QED) is 0.779. The second-order valence-electron chi connectivity index (χ2n) is 5.49. The molecule has 0 spiro atoms. The lowest BCUT2D eigenvalue weighted by Gasteiger charge is -2.08. The van der Waals surface area contributed by atoms with Gasteiger partial charge in [-0.25, -0.2) is 0 Å². The molecule has 1 aliphatic carbocycles. The molecule has 6 heteroatoms. The van der Waals surface area contributed by atoms with Crippen LogP contribution in [0, 0.1) is 17.3 Å². The van der Waals surface area contributed by atoms with Gasteiger partial charge in [-0.05, 0) is 17.5 Å². The van der Waals surface area contributed by atoms with Crippen LogP contribution in [-0.2, 0) is 9.59 Å². The van der Waals surface area contributed by atoms with E-state index >= 15 is 0 Å². The predicted octanol–water partition coefficient (Wildman–Crippen LogP) is 1.70. The zero-order valence-electron chi connectivity index (χ0n) is 11.5. The van der Waals surface area contributed by atoms with E-state index in [2.05, 4.69) is 5.32 Å². The van der Waals surface area contributed by atoms with Crippen molar-refractivity contribution in [3.8, 4) is 11.5 Å². The minimum atomic E-state index is -0.965. The van der Waals surface area contributed by atoms with E-state index < -0.39 is 23.2 Å². The molecule has 6 nitrogen and oxygen atoms in total. The van der Waals surface area contributed by atoms with Crippen molar-refractivity contribution in [2.75, 3.05) is 12.4 Å². The Labute approximate surface area is 116 Å². The molecule has 0 saturated heterocycles. The van der Waals surface area contributed by atoms with Crippen LogP contribution < -0.4 is 10.1 Å². The predicted molar refractivity (Wildman–Crippen MR) is 71.7 cm³/mol. The van der Waals surface area contributed by atoms with Gasteiger partial charge in [-0.1, -0.05) is 13.8 Å². The fraction of sp³-hybridized carbons (Fsp3) is 0.429. The molecule has 2 atom stereocenters. The monoisotopic (exact) mass is 279 g/mol. The molecule has 3 N–H and O–H groups in total. The summed E-state index contributed by atoms with van der Waals surface area (Å²) in [5.41, 5.74) is -0.148. The van der Waals surface area contributed by atoms with Crippen molar-refractivity contribution in [2.45, 2.75) is 13.8 Å². The van der Waals surface area contributed by atoms with Crippen LogP contribution in [0.2, 0.25) is 0 Å². The fourth-order valence-electron chi connectivity index (χ4n) is 2.58. The average molecular weight is 279 g/mol. The second kappa shape index (κ2) is 4.70. The molecule has 0 aliphatic heterocycles. The third kappa shape index (κ3) is 2.29. The molecule has 1 saturated carbocycles. The van der Waals surface area contributed by atoms with E-state index in [4.69, 9.17) is 9.84 Å². The first-order valence-corrected chi connectivity index (χ1v) is 6.19. The normalized spacial score (nSPS) is 22.9. The summed E-state index contributed by atoms with van der Waals surface area (Å²) < 4.78 is 4.91. The number of ether oxygens (including phenoxy) is 1. The van der Waals surface area contributed by atoms with Gasteiger partial charge in [0.05, 0.1) is 18.9 Å². The van der Waals surface area contributed by atoms with Crippen molar-refractivity contribution in [1.29, 1.82) is 0 Å². The molecule has 0 unspecified atom stereocenters. The topological polar surface area (TPSA) is 95.9 Å². The number of methoxy groups -OCH3 is 1. The van der Waals surface area contributed by atoms with E-state index in [9.17, 15) is 14.7 Å². The van der Waals surface area contributed by atoms with Gasteiger partial charge in [-0.3, -0.25) is 9.59 Å². The van der Waals surface area contributed by atoms with E-state index in [1.807, 2.05) is 0 Å². The van der Waals surface area contributed by atoms with E-state index in [0.29, 0.717) is 11.4 Å². The van der Waals surface area contributed by atoms with Crippen molar-refractivity contribution in [1.82, 2.24) is 0 Å². The molecule has 1 aromatic rings. The van der Waals surface area contributed by atoms with E-state index in [1.165, 1.54) is 19.2 Å². The number of phenols is 1. The Bertz CT molecular complexity index is 567. The highest BCUT2D eigenvalue weighted by Crippen LogP contribution is 2.58. The molecule has 1 aliphatic rings. The number of carbonyl (C=O) groups is 2. The third-order valence-electron chi connectivity index (χ3n) is 3.82. The molecule has 108 valence electrons. The molecule has 0 bridgehead atoms. The number of anilines is 1. The van der Waals surface area contributed by atoms with Crippen LogP contribution in [0.15, 0.2) is 18.2 Å². The number of benzene rings is 1. The van der Waals surface area contributed by atoms with Crippen LogP contribution >= 0.6 is 0 Å². The highest BCUT2D eigenvalue weighted by atomic mass is 16.5. The van der Waals surface area contributed by atoms with Gasteiger partial charge in [0, 0.05) is 11.8 Å². The summed E-state index contributed by atoms with van der Waals surface area (Å²) in [5, 5.41) is 21.3.